The van der Waals surface area contributed by atoms with E-state index in [2.05, 4.69) is 5.32 Å². The molecule has 1 amide bonds. The largest absolute Gasteiger partial charge is 0.467 e. The molecule has 4 nitrogen and oxygen atoms in total. The summed E-state index contributed by atoms with van der Waals surface area (Å²) in [6, 6.07) is 8.33. The molecule has 104 valence electrons. The van der Waals surface area contributed by atoms with Crippen LogP contribution in [0.4, 0.5) is 0 Å². The molecule has 4 heteroatoms. The van der Waals surface area contributed by atoms with E-state index in [0.717, 1.165) is 5.56 Å². The van der Waals surface area contributed by atoms with Crippen LogP contribution in [0, 0.1) is 5.41 Å². The van der Waals surface area contributed by atoms with Crippen molar-refractivity contribution in [3.63, 3.8) is 0 Å². The molecule has 0 spiro atoms. The second-order valence-electron chi connectivity index (χ2n) is 5.67. The Labute approximate surface area is 114 Å². The van der Waals surface area contributed by atoms with E-state index in [4.69, 9.17) is 4.74 Å². The third kappa shape index (κ3) is 5.12. The van der Waals surface area contributed by atoms with Gasteiger partial charge in [-0.15, -0.1) is 0 Å². The van der Waals surface area contributed by atoms with Gasteiger partial charge >= 0.3 is 5.97 Å². The van der Waals surface area contributed by atoms with Crippen molar-refractivity contribution in [2.75, 3.05) is 7.11 Å². The average molecular weight is 263 g/mol. The molecule has 1 rings (SSSR count). The molecular formula is C15H21NO3. The molecule has 1 unspecified atom stereocenters. The summed E-state index contributed by atoms with van der Waals surface area (Å²) in [6.07, 6.45) is 0.354. The molecule has 0 aliphatic carbocycles. The fourth-order valence-corrected chi connectivity index (χ4v) is 1.74. The Hall–Kier alpha value is -1.84. The van der Waals surface area contributed by atoms with Gasteiger partial charge in [-0.05, 0) is 11.0 Å². The van der Waals surface area contributed by atoms with Gasteiger partial charge in [-0.25, -0.2) is 4.79 Å². The molecule has 0 aromatic heterocycles. The molecular weight excluding hydrogens is 242 g/mol. The molecule has 0 heterocycles. The normalized spacial score (nSPS) is 12.6. The quantitative estimate of drug-likeness (QED) is 0.849. The first kappa shape index (κ1) is 15.2. The molecule has 1 aromatic carbocycles. The van der Waals surface area contributed by atoms with Crippen LogP contribution in [0.25, 0.3) is 0 Å². The maximum absolute atomic E-state index is 11.9. The lowest BCUT2D eigenvalue weighted by Crippen LogP contribution is -2.36. The number of benzene rings is 1. The van der Waals surface area contributed by atoms with Gasteiger partial charge in [-0.3, -0.25) is 4.79 Å². The van der Waals surface area contributed by atoms with Crippen LogP contribution in [-0.4, -0.2) is 19.0 Å². The van der Waals surface area contributed by atoms with Crippen molar-refractivity contribution in [2.24, 2.45) is 5.41 Å². The highest BCUT2D eigenvalue weighted by Crippen LogP contribution is 2.20. The Balaban J connectivity index is 2.83. The van der Waals surface area contributed by atoms with Gasteiger partial charge in [0.2, 0.25) is 5.91 Å². The third-order valence-corrected chi connectivity index (χ3v) is 2.57. The predicted octanol–water partition coefficient (Wildman–Crippen LogP) is 2.45. The number of carbonyl (C=O) groups is 2. The van der Waals surface area contributed by atoms with Crippen molar-refractivity contribution in [1.82, 2.24) is 5.32 Å². The average Bonchev–Trinajstić information content (AvgIpc) is 2.34. The van der Waals surface area contributed by atoms with E-state index >= 15 is 0 Å². The highest BCUT2D eigenvalue weighted by atomic mass is 16.5. The van der Waals surface area contributed by atoms with Gasteiger partial charge in [-0.2, -0.15) is 0 Å². The van der Waals surface area contributed by atoms with Gasteiger partial charge < -0.3 is 10.1 Å². The minimum Gasteiger partial charge on any atom is -0.467 e. The van der Waals surface area contributed by atoms with Crippen LogP contribution in [0.1, 0.15) is 38.8 Å². The molecule has 0 radical (unpaired) electrons. The number of hydrogen-bond acceptors (Lipinski definition) is 3. The zero-order valence-electron chi connectivity index (χ0n) is 11.9. The smallest absolute Gasteiger partial charge is 0.333 e. The van der Waals surface area contributed by atoms with Crippen LogP contribution >= 0.6 is 0 Å². The first-order valence-corrected chi connectivity index (χ1v) is 6.25. The lowest BCUT2D eigenvalue weighted by atomic mass is 9.91. The standard InChI is InChI=1S/C15H21NO3/c1-15(2,3)10-12(17)16-13(14(18)19-4)11-8-6-5-7-9-11/h5-9,13H,10H2,1-4H3,(H,16,17). The lowest BCUT2D eigenvalue weighted by molar-refractivity contribution is -0.145. The van der Waals surface area contributed by atoms with E-state index in [1.807, 2.05) is 39.0 Å². The summed E-state index contributed by atoms with van der Waals surface area (Å²) < 4.78 is 4.74. The van der Waals surface area contributed by atoms with Gasteiger partial charge in [0.1, 0.15) is 0 Å². The summed E-state index contributed by atoms with van der Waals surface area (Å²) >= 11 is 0. The first-order valence-electron chi connectivity index (χ1n) is 6.25. The second kappa shape index (κ2) is 6.36. The van der Waals surface area contributed by atoms with E-state index in [9.17, 15) is 9.59 Å². The van der Waals surface area contributed by atoms with Crippen molar-refractivity contribution in [1.29, 1.82) is 0 Å². The fourth-order valence-electron chi connectivity index (χ4n) is 1.74. The summed E-state index contributed by atoms with van der Waals surface area (Å²) in [5, 5.41) is 2.73. The van der Waals surface area contributed by atoms with Gasteiger partial charge in [0.05, 0.1) is 7.11 Å². The van der Waals surface area contributed by atoms with Crippen LogP contribution in [0.5, 0.6) is 0 Å². The summed E-state index contributed by atoms with van der Waals surface area (Å²) in [5.41, 5.74) is 0.596. The van der Waals surface area contributed by atoms with Crippen LogP contribution in [0.2, 0.25) is 0 Å². The Morgan fingerprint density at radius 1 is 1.21 bits per heavy atom. The minimum absolute atomic E-state index is 0.124. The zero-order valence-corrected chi connectivity index (χ0v) is 11.9. The highest BCUT2D eigenvalue weighted by Gasteiger charge is 2.25. The van der Waals surface area contributed by atoms with Crippen molar-refractivity contribution >= 4 is 11.9 Å². The molecule has 1 N–H and O–H groups in total. The molecule has 0 fully saturated rings. The van der Waals surface area contributed by atoms with E-state index in [-0.39, 0.29) is 11.3 Å². The van der Waals surface area contributed by atoms with E-state index in [1.165, 1.54) is 7.11 Å². The number of methoxy groups -OCH3 is 1. The molecule has 0 saturated carbocycles. The Bertz CT molecular complexity index is 434. The maximum Gasteiger partial charge on any atom is 0.333 e. The Morgan fingerprint density at radius 3 is 2.26 bits per heavy atom. The number of nitrogens with one attached hydrogen (secondary N) is 1. The zero-order chi connectivity index (χ0) is 14.5. The van der Waals surface area contributed by atoms with Crippen molar-refractivity contribution < 1.29 is 14.3 Å². The molecule has 0 aliphatic rings. The SMILES string of the molecule is COC(=O)C(NC(=O)CC(C)(C)C)c1ccccc1. The molecule has 1 atom stereocenters. The molecule has 19 heavy (non-hydrogen) atoms. The fraction of sp³-hybridized carbons (Fsp3) is 0.467. The number of carbonyl (C=O) groups excluding carboxylic acids is 2. The van der Waals surface area contributed by atoms with E-state index < -0.39 is 12.0 Å². The Kier molecular flexibility index (Phi) is 5.10. The Morgan fingerprint density at radius 2 is 1.79 bits per heavy atom. The first-order chi connectivity index (χ1) is 8.83. The van der Waals surface area contributed by atoms with E-state index in [1.54, 1.807) is 12.1 Å². The van der Waals surface area contributed by atoms with Crippen LogP contribution in [-0.2, 0) is 14.3 Å². The van der Waals surface area contributed by atoms with Gasteiger partial charge in [0.25, 0.3) is 0 Å². The molecule has 0 saturated heterocycles. The van der Waals surface area contributed by atoms with Crippen molar-refractivity contribution in [3.8, 4) is 0 Å². The van der Waals surface area contributed by atoms with Crippen molar-refractivity contribution in [2.45, 2.75) is 33.2 Å². The van der Waals surface area contributed by atoms with Crippen LogP contribution in [0.15, 0.2) is 30.3 Å². The summed E-state index contributed by atoms with van der Waals surface area (Å²) in [4.78, 5) is 23.7. The number of hydrogen-bond donors (Lipinski definition) is 1. The van der Waals surface area contributed by atoms with Crippen molar-refractivity contribution in [3.05, 3.63) is 35.9 Å². The van der Waals surface area contributed by atoms with Gasteiger partial charge in [0, 0.05) is 6.42 Å². The number of amides is 1. The predicted molar refractivity (Wildman–Crippen MR) is 73.4 cm³/mol. The topological polar surface area (TPSA) is 55.4 Å². The van der Waals surface area contributed by atoms with Crippen LogP contribution < -0.4 is 5.32 Å². The number of rotatable bonds is 4. The second-order valence-corrected chi connectivity index (χ2v) is 5.67. The summed E-state index contributed by atoms with van der Waals surface area (Å²) in [5.74, 6) is -0.625. The highest BCUT2D eigenvalue weighted by molar-refractivity contribution is 5.85. The maximum atomic E-state index is 11.9. The van der Waals surface area contributed by atoms with E-state index in [0.29, 0.717) is 6.42 Å². The number of ether oxygens (including phenoxy) is 1. The third-order valence-electron chi connectivity index (χ3n) is 2.57. The lowest BCUT2D eigenvalue weighted by Gasteiger charge is -2.21. The van der Waals surface area contributed by atoms with Gasteiger partial charge in [-0.1, -0.05) is 51.1 Å². The molecule has 0 aliphatic heterocycles. The molecule has 1 aromatic rings. The monoisotopic (exact) mass is 263 g/mol. The summed E-state index contributed by atoms with van der Waals surface area (Å²) in [7, 11) is 1.31. The molecule has 0 bridgehead atoms. The minimum atomic E-state index is -0.749. The summed E-state index contributed by atoms with van der Waals surface area (Å²) in [6.45, 7) is 5.92. The van der Waals surface area contributed by atoms with Gasteiger partial charge in [0.15, 0.2) is 6.04 Å². The number of esters is 1. The van der Waals surface area contributed by atoms with Crippen LogP contribution in [0.3, 0.4) is 0 Å².